The standard InChI is InChI=1S/C19H16N2O4/c1-23-16-10-12(11-17-18(16)25-9-8-24-17)6-7-15-19(22)21-14-5-3-2-4-13(14)20-15/h2-7,10-11H,8-9H2,1H3,(H,21,22)/b7-6+. The van der Waals surface area contributed by atoms with Crippen LogP contribution in [0.3, 0.4) is 0 Å². The van der Waals surface area contributed by atoms with Crippen molar-refractivity contribution in [2.75, 3.05) is 20.3 Å². The molecule has 1 aromatic heterocycles. The lowest BCUT2D eigenvalue weighted by Crippen LogP contribution is -2.16. The van der Waals surface area contributed by atoms with Crippen molar-refractivity contribution in [3.8, 4) is 17.2 Å². The maximum atomic E-state index is 12.2. The zero-order valence-corrected chi connectivity index (χ0v) is 13.6. The Labute approximate surface area is 143 Å². The molecule has 126 valence electrons. The van der Waals surface area contributed by atoms with Gasteiger partial charge in [-0.3, -0.25) is 4.79 Å². The van der Waals surface area contributed by atoms with E-state index in [1.165, 1.54) is 0 Å². The Morgan fingerprint density at radius 3 is 2.88 bits per heavy atom. The molecule has 1 aliphatic rings. The molecule has 0 atom stereocenters. The fraction of sp³-hybridized carbons (Fsp3) is 0.158. The van der Waals surface area contributed by atoms with Crippen LogP contribution in [0.2, 0.25) is 0 Å². The van der Waals surface area contributed by atoms with Crippen LogP contribution in [-0.4, -0.2) is 30.3 Å². The third kappa shape index (κ3) is 2.94. The maximum absolute atomic E-state index is 12.2. The quantitative estimate of drug-likeness (QED) is 0.796. The van der Waals surface area contributed by atoms with Crippen LogP contribution in [0.5, 0.6) is 17.2 Å². The summed E-state index contributed by atoms with van der Waals surface area (Å²) in [5, 5.41) is 0. The van der Waals surface area contributed by atoms with Gasteiger partial charge in [0.1, 0.15) is 18.9 Å². The number of fused-ring (bicyclic) bond motifs is 2. The second-order valence-corrected chi connectivity index (χ2v) is 5.55. The average molecular weight is 336 g/mol. The molecule has 6 heteroatoms. The monoisotopic (exact) mass is 336 g/mol. The molecule has 0 spiro atoms. The Morgan fingerprint density at radius 1 is 1.16 bits per heavy atom. The Balaban J connectivity index is 1.72. The molecule has 2 aromatic carbocycles. The van der Waals surface area contributed by atoms with Crippen molar-refractivity contribution in [3.63, 3.8) is 0 Å². The topological polar surface area (TPSA) is 73.4 Å². The third-order valence-electron chi connectivity index (χ3n) is 3.91. The molecular weight excluding hydrogens is 320 g/mol. The van der Waals surface area contributed by atoms with Gasteiger partial charge in [0.25, 0.3) is 5.56 Å². The van der Waals surface area contributed by atoms with Crippen LogP contribution in [0.1, 0.15) is 11.3 Å². The van der Waals surface area contributed by atoms with Crippen molar-refractivity contribution in [2.45, 2.75) is 0 Å². The van der Waals surface area contributed by atoms with Crippen LogP contribution in [0.15, 0.2) is 41.2 Å². The van der Waals surface area contributed by atoms with Gasteiger partial charge in [0, 0.05) is 0 Å². The first-order valence-electron chi connectivity index (χ1n) is 7.89. The highest BCUT2D eigenvalue weighted by Crippen LogP contribution is 2.40. The molecule has 0 saturated heterocycles. The number of benzene rings is 2. The van der Waals surface area contributed by atoms with Crippen LogP contribution in [-0.2, 0) is 0 Å². The summed E-state index contributed by atoms with van der Waals surface area (Å²) in [6.07, 6.45) is 3.48. The highest BCUT2D eigenvalue weighted by Gasteiger charge is 2.17. The average Bonchev–Trinajstić information content (AvgIpc) is 2.65. The molecule has 0 bridgehead atoms. The largest absolute Gasteiger partial charge is 0.493 e. The van der Waals surface area contributed by atoms with Crippen LogP contribution < -0.4 is 19.8 Å². The summed E-state index contributed by atoms with van der Waals surface area (Å²) in [4.78, 5) is 19.4. The predicted octanol–water partition coefficient (Wildman–Crippen LogP) is 2.87. The number of nitrogens with zero attached hydrogens (tertiary/aromatic N) is 1. The molecule has 0 aliphatic carbocycles. The Hall–Kier alpha value is -3.28. The molecule has 6 nitrogen and oxygen atoms in total. The minimum absolute atomic E-state index is 0.237. The van der Waals surface area contributed by atoms with Crippen LogP contribution in [0.4, 0.5) is 0 Å². The fourth-order valence-electron chi connectivity index (χ4n) is 2.72. The van der Waals surface area contributed by atoms with Gasteiger partial charge in [-0.1, -0.05) is 18.2 Å². The number of aromatic nitrogens is 2. The third-order valence-corrected chi connectivity index (χ3v) is 3.91. The molecule has 1 N–H and O–H groups in total. The molecule has 0 radical (unpaired) electrons. The highest BCUT2D eigenvalue weighted by molar-refractivity contribution is 5.77. The summed E-state index contributed by atoms with van der Waals surface area (Å²) in [6, 6.07) is 11.1. The molecule has 25 heavy (non-hydrogen) atoms. The van der Waals surface area contributed by atoms with E-state index >= 15 is 0 Å². The van der Waals surface area contributed by atoms with Gasteiger partial charge in [-0.2, -0.15) is 0 Å². The van der Waals surface area contributed by atoms with Crippen molar-refractivity contribution < 1.29 is 14.2 Å². The number of rotatable bonds is 3. The number of methoxy groups -OCH3 is 1. The predicted molar refractivity (Wildman–Crippen MR) is 95.3 cm³/mol. The summed E-state index contributed by atoms with van der Waals surface area (Å²) in [6.45, 7) is 0.990. The number of hydrogen-bond acceptors (Lipinski definition) is 5. The number of aromatic amines is 1. The second kappa shape index (κ2) is 6.32. The van der Waals surface area contributed by atoms with Gasteiger partial charge < -0.3 is 19.2 Å². The maximum Gasteiger partial charge on any atom is 0.274 e. The summed E-state index contributed by atoms with van der Waals surface area (Å²) in [5.41, 5.74) is 2.38. The van der Waals surface area contributed by atoms with E-state index in [9.17, 15) is 4.79 Å². The smallest absolute Gasteiger partial charge is 0.274 e. The van der Waals surface area contributed by atoms with Gasteiger partial charge >= 0.3 is 0 Å². The van der Waals surface area contributed by atoms with Gasteiger partial charge in [-0.15, -0.1) is 0 Å². The number of H-pyrrole nitrogens is 1. The molecule has 3 aromatic rings. The summed E-state index contributed by atoms with van der Waals surface area (Å²) in [5.74, 6) is 1.83. The summed E-state index contributed by atoms with van der Waals surface area (Å²) >= 11 is 0. The minimum Gasteiger partial charge on any atom is -0.493 e. The van der Waals surface area contributed by atoms with Crippen LogP contribution in [0, 0.1) is 0 Å². The van der Waals surface area contributed by atoms with E-state index < -0.39 is 0 Å². The van der Waals surface area contributed by atoms with Gasteiger partial charge in [0.05, 0.1) is 18.1 Å². The van der Waals surface area contributed by atoms with Crippen molar-refractivity contribution in [2.24, 2.45) is 0 Å². The highest BCUT2D eigenvalue weighted by atomic mass is 16.6. The van der Waals surface area contributed by atoms with Crippen molar-refractivity contribution >= 4 is 23.2 Å². The Morgan fingerprint density at radius 2 is 2.00 bits per heavy atom. The molecule has 0 saturated carbocycles. The lowest BCUT2D eigenvalue weighted by atomic mass is 10.1. The minimum atomic E-state index is -0.237. The lowest BCUT2D eigenvalue weighted by molar-refractivity contribution is 0.165. The Bertz CT molecular complexity index is 1010. The van der Waals surface area contributed by atoms with E-state index in [0.717, 1.165) is 11.1 Å². The SMILES string of the molecule is COc1cc(/C=C/c2nc3ccccc3[nH]c2=O)cc2c1OCCO2. The first-order valence-corrected chi connectivity index (χ1v) is 7.89. The molecule has 1 aliphatic heterocycles. The van der Waals surface area contributed by atoms with E-state index in [1.54, 1.807) is 19.3 Å². The molecule has 4 rings (SSSR count). The van der Waals surface area contributed by atoms with Crippen LogP contribution in [0.25, 0.3) is 23.2 Å². The van der Waals surface area contributed by atoms with Gasteiger partial charge in [0.15, 0.2) is 11.5 Å². The summed E-state index contributed by atoms with van der Waals surface area (Å²) < 4.78 is 16.6. The normalized spacial score (nSPS) is 13.3. The van der Waals surface area contributed by atoms with Crippen LogP contribution >= 0.6 is 0 Å². The number of nitrogens with one attached hydrogen (secondary N) is 1. The fourth-order valence-corrected chi connectivity index (χ4v) is 2.72. The first kappa shape index (κ1) is 15.3. The van der Waals surface area contributed by atoms with E-state index in [-0.39, 0.29) is 5.56 Å². The van der Waals surface area contributed by atoms with Crippen molar-refractivity contribution in [1.82, 2.24) is 9.97 Å². The zero-order chi connectivity index (χ0) is 17.2. The number of ether oxygens (including phenoxy) is 3. The first-order chi connectivity index (χ1) is 12.2. The van der Waals surface area contributed by atoms with E-state index in [0.29, 0.717) is 41.7 Å². The van der Waals surface area contributed by atoms with E-state index in [2.05, 4.69) is 9.97 Å². The van der Waals surface area contributed by atoms with Crippen molar-refractivity contribution in [3.05, 3.63) is 58.0 Å². The van der Waals surface area contributed by atoms with Crippen molar-refractivity contribution in [1.29, 1.82) is 0 Å². The summed E-state index contributed by atoms with van der Waals surface area (Å²) in [7, 11) is 1.58. The molecular formula is C19H16N2O4. The molecule has 0 amide bonds. The van der Waals surface area contributed by atoms with Gasteiger partial charge in [0.2, 0.25) is 5.75 Å². The number of para-hydroxylation sites is 2. The lowest BCUT2D eigenvalue weighted by Gasteiger charge is -2.20. The molecule has 0 fully saturated rings. The molecule has 2 heterocycles. The number of hydrogen-bond donors (Lipinski definition) is 1. The molecule has 0 unspecified atom stereocenters. The van der Waals surface area contributed by atoms with Gasteiger partial charge in [-0.25, -0.2) is 4.98 Å². The van der Waals surface area contributed by atoms with E-state index in [4.69, 9.17) is 14.2 Å². The van der Waals surface area contributed by atoms with Gasteiger partial charge in [-0.05, 0) is 35.9 Å². The second-order valence-electron chi connectivity index (χ2n) is 5.55. The van der Waals surface area contributed by atoms with E-state index in [1.807, 2.05) is 36.4 Å². The Kier molecular flexibility index (Phi) is 3.85. The zero-order valence-electron chi connectivity index (χ0n) is 13.6.